The van der Waals surface area contributed by atoms with Crippen LogP contribution >= 0.6 is 0 Å². The van der Waals surface area contributed by atoms with Gasteiger partial charge in [0, 0.05) is 13.1 Å². The highest BCUT2D eigenvalue weighted by Crippen LogP contribution is 2.18. The van der Waals surface area contributed by atoms with Crippen molar-refractivity contribution >= 4 is 15.9 Å². The number of sulfonamides is 1. The molecule has 146 valence electrons. The van der Waals surface area contributed by atoms with Crippen LogP contribution in [0.3, 0.4) is 0 Å². The van der Waals surface area contributed by atoms with Crippen molar-refractivity contribution in [2.24, 2.45) is 5.92 Å². The first kappa shape index (κ1) is 21.1. The number of amides is 1. The first-order valence-electron chi connectivity index (χ1n) is 8.85. The summed E-state index contributed by atoms with van der Waals surface area (Å²) in [4.78, 5) is 12.2. The standard InChI is InChI=1S/C20H25FN2O3S/c1-16(2)12-13-22-20(24)15-23(14-17-6-4-3-5-7-17)27(25,26)19-10-8-18(21)9-11-19/h3-11,16H,12-15H2,1-2H3,(H,22,24). The molecule has 1 amide bonds. The summed E-state index contributed by atoms with van der Waals surface area (Å²) in [6.45, 7) is 4.34. The maximum atomic E-state index is 13.2. The van der Waals surface area contributed by atoms with Gasteiger partial charge in [0.15, 0.2) is 0 Å². The van der Waals surface area contributed by atoms with Crippen LogP contribution in [0.15, 0.2) is 59.5 Å². The van der Waals surface area contributed by atoms with E-state index in [1.807, 2.05) is 19.9 Å². The predicted octanol–water partition coefficient (Wildman–Crippen LogP) is 3.18. The van der Waals surface area contributed by atoms with Crippen molar-refractivity contribution in [3.8, 4) is 0 Å². The van der Waals surface area contributed by atoms with Crippen molar-refractivity contribution in [1.29, 1.82) is 0 Å². The molecular formula is C20H25FN2O3S. The number of halogens is 1. The Labute approximate surface area is 160 Å². The molecule has 0 aliphatic carbocycles. The molecule has 27 heavy (non-hydrogen) atoms. The lowest BCUT2D eigenvalue weighted by molar-refractivity contribution is -0.121. The van der Waals surface area contributed by atoms with Crippen LogP contribution in [0.5, 0.6) is 0 Å². The zero-order valence-electron chi connectivity index (χ0n) is 15.6. The van der Waals surface area contributed by atoms with Gasteiger partial charge in [-0.25, -0.2) is 12.8 Å². The van der Waals surface area contributed by atoms with Crippen molar-refractivity contribution in [2.75, 3.05) is 13.1 Å². The van der Waals surface area contributed by atoms with Gasteiger partial charge < -0.3 is 5.32 Å². The lowest BCUT2D eigenvalue weighted by Crippen LogP contribution is -2.40. The van der Waals surface area contributed by atoms with Gasteiger partial charge in [0.25, 0.3) is 0 Å². The van der Waals surface area contributed by atoms with E-state index in [1.165, 1.54) is 12.1 Å². The molecule has 0 bridgehead atoms. The molecule has 1 N–H and O–H groups in total. The second-order valence-electron chi connectivity index (χ2n) is 6.75. The summed E-state index contributed by atoms with van der Waals surface area (Å²) in [5, 5.41) is 2.76. The van der Waals surface area contributed by atoms with E-state index in [0.717, 1.165) is 28.4 Å². The Morgan fingerprint density at radius 2 is 1.70 bits per heavy atom. The van der Waals surface area contributed by atoms with Crippen molar-refractivity contribution in [3.63, 3.8) is 0 Å². The number of benzene rings is 2. The van der Waals surface area contributed by atoms with E-state index in [9.17, 15) is 17.6 Å². The lowest BCUT2D eigenvalue weighted by Gasteiger charge is -2.22. The summed E-state index contributed by atoms with van der Waals surface area (Å²) in [7, 11) is -3.95. The van der Waals surface area contributed by atoms with Gasteiger partial charge in [0.05, 0.1) is 11.4 Å². The largest absolute Gasteiger partial charge is 0.355 e. The van der Waals surface area contributed by atoms with Gasteiger partial charge in [0.1, 0.15) is 5.82 Å². The quantitative estimate of drug-likeness (QED) is 0.713. The number of carbonyl (C=O) groups is 1. The topological polar surface area (TPSA) is 66.5 Å². The molecule has 0 aromatic heterocycles. The number of rotatable bonds is 9. The van der Waals surface area contributed by atoms with Crippen LogP contribution < -0.4 is 5.32 Å². The second-order valence-corrected chi connectivity index (χ2v) is 8.68. The van der Waals surface area contributed by atoms with Crippen molar-refractivity contribution in [1.82, 2.24) is 9.62 Å². The smallest absolute Gasteiger partial charge is 0.243 e. The Kier molecular flexibility index (Phi) is 7.50. The van der Waals surface area contributed by atoms with E-state index in [0.29, 0.717) is 12.5 Å². The van der Waals surface area contributed by atoms with Gasteiger partial charge in [-0.2, -0.15) is 4.31 Å². The SMILES string of the molecule is CC(C)CCNC(=O)CN(Cc1ccccc1)S(=O)(=O)c1ccc(F)cc1. The van der Waals surface area contributed by atoms with E-state index in [1.54, 1.807) is 24.3 Å². The average molecular weight is 392 g/mol. The molecule has 0 aliphatic rings. The summed E-state index contributed by atoms with van der Waals surface area (Å²) < 4.78 is 40.3. The monoisotopic (exact) mass is 392 g/mol. The van der Waals surface area contributed by atoms with E-state index in [2.05, 4.69) is 5.32 Å². The third kappa shape index (κ3) is 6.45. The van der Waals surface area contributed by atoms with Crippen molar-refractivity contribution in [2.45, 2.75) is 31.7 Å². The highest BCUT2D eigenvalue weighted by atomic mass is 32.2. The first-order valence-corrected chi connectivity index (χ1v) is 10.3. The summed E-state index contributed by atoms with van der Waals surface area (Å²) in [5.41, 5.74) is 0.762. The molecule has 0 fully saturated rings. The highest BCUT2D eigenvalue weighted by molar-refractivity contribution is 7.89. The normalized spacial score (nSPS) is 11.7. The van der Waals surface area contributed by atoms with Gasteiger partial charge in [-0.05, 0) is 42.2 Å². The fraction of sp³-hybridized carbons (Fsp3) is 0.350. The Bertz CT molecular complexity index is 837. The van der Waals surface area contributed by atoms with Gasteiger partial charge in [-0.1, -0.05) is 44.2 Å². The number of hydrogen-bond acceptors (Lipinski definition) is 3. The molecule has 0 radical (unpaired) electrons. The molecule has 7 heteroatoms. The van der Waals surface area contributed by atoms with Crippen molar-refractivity contribution < 1.29 is 17.6 Å². The Hall–Kier alpha value is -2.25. The summed E-state index contributed by atoms with van der Waals surface area (Å²) in [6.07, 6.45) is 0.815. The zero-order valence-corrected chi connectivity index (χ0v) is 16.4. The number of nitrogens with one attached hydrogen (secondary N) is 1. The predicted molar refractivity (Wildman–Crippen MR) is 103 cm³/mol. The fourth-order valence-electron chi connectivity index (χ4n) is 2.48. The molecule has 2 aromatic carbocycles. The average Bonchev–Trinajstić information content (AvgIpc) is 2.62. The van der Waals surface area contributed by atoms with Crippen LogP contribution in [0.25, 0.3) is 0 Å². The number of nitrogens with zero attached hydrogens (tertiary/aromatic N) is 1. The fourth-order valence-corrected chi connectivity index (χ4v) is 3.87. The van der Waals surface area contributed by atoms with Crippen molar-refractivity contribution in [3.05, 3.63) is 66.0 Å². The molecule has 2 aromatic rings. The molecule has 5 nitrogen and oxygen atoms in total. The molecule has 0 saturated carbocycles. The van der Waals surface area contributed by atoms with Crippen LogP contribution in [-0.2, 0) is 21.4 Å². The van der Waals surface area contributed by atoms with Crippen LogP contribution in [-0.4, -0.2) is 31.7 Å². The summed E-state index contributed by atoms with van der Waals surface area (Å²) >= 11 is 0. The minimum atomic E-state index is -3.95. The first-order chi connectivity index (χ1) is 12.8. The van der Waals surface area contributed by atoms with Crippen LogP contribution in [0, 0.1) is 11.7 Å². The summed E-state index contributed by atoms with van der Waals surface area (Å²) in [6, 6.07) is 13.6. The Morgan fingerprint density at radius 3 is 2.30 bits per heavy atom. The van der Waals surface area contributed by atoms with Crippen LogP contribution in [0.2, 0.25) is 0 Å². The maximum Gasteiger partial charge on any atom is 0.243 e. The molecule has 0 aliphatic heterocycles. The summed E-state index contributed by atoms with van der Waals surface area (Å²) in [5.74, 6) is -0.444. The third-order valence-electron chi connectivity index (χ3n) is 4.02. The molecule has 0 unspecified atom stereocenters. The van der Waals surface area contributed by atoms with E-state index in [4.69, 9.17) is 0 Å². The molecule has 0 heterocycles. The third-order valence-corrected chi connectivity index (χ3v) is 5.82. The second kappa shape index (κ2) is 9.62. The highest BCUT2D eigenvalue weighted by Gasteiger charge is 2.27. The van der Waals surface area contributed by atoms with Crippen LogP contribution in [0.4, 0.5) is 4.39 Å². The maximum absolute atomic E-state index is 13.2. The minimum absolute atomic E-state index is 0.0465. The van der Waals surface area contributed by atoms with E-state index < -0.39 is 15.8 Å². The van der Waals surface area contributed by atoms with E-state index >= 15 is 0 Å². The van der Waals surface area contributed by atoms with Gasteiger partial charge in [-0.3, -0.25) is 4.79 Å². The number of hydrogen-bond donors (Lipinski definition) is 1. The van der Waals surface area contributed by atoms with Gasteiger partial charge in [0.2, 0.25) is 15.9 Å². The minimum Gasteiger partial charge on any atom is -0.355 e. The molecule has 0 atom stereocenters. The Balaban J connectivity index is 2.20. The number of carbonyl (C=O) groups excluding carboxylic acids is 1. The zero-order chi connectivity index (χ0) is 19.9. The van der Waals surface area contributed by atoms with Gasteiger partial charge in [-0.15, -0.1) is 0 Å². The molecule has 2 rings (SSSR count). The Morgan fingerprint density at radius 1 is 1.07 bits per heavy atom. The lowest BCUT2D eigenvalue weighted by atomic mass is 10.1. The van der Waals surface area contributed by atoms with Gasteiger partial charge >= 0.3 is 0 Å². The van der Waals surface area contributed by atoms with Crippen LogP contribution in [0.1, 0.15) is 25.8 Å². The molecule has 0 saturated heterocycles. The molecule has 0 spiro atoms. The van der Waals surface area contributed by atoms with E-state index in [-0.39, 0.29) is 23.9 Å². The molecular weight excluding hydrogens is 367 g/mol.